The number of carbonyl (C=O) groups is 1. The molecular formula is C20H21N3O7S. The molecule has 0 aliphatic carbocycles. The summed E-state index contributed by atoms with van der Waals surface area (Å²) in [6.45, 7) is 1.15. The number of phenols is 1. The van der Waals surface area contributed by atoms with Crippen molar-refractivity contribution in [3.8, 4) is 5.75 Å². The van der Waals surface area contributed by atoms with Gasteiger partial charge < -0.3 is 19.6 Å². The summed E-state index contributed by atoms with van der Waals surface area (Å²) in [7, 11) is -3.78. The number of aryl methyl sites for hydroxylation is 1. The van der Waals surface area contributed by atoms with E-state index in [0.717, 1.165) is 0 Å². The third-order valence-corrected chi connectivity index (χ3v) is 6.88. The monoisotopic (exact) mass is 447 g/mol. The maximum atomic E-state index is 12.8. The van der Waals surface area contributed by atoms with Gasteiger partial charge in [-0.25, -0.2) is 13.2 Å². The predicted molar refractivity (Wildman–Crippen MR) is 111 cm³/mol. The number of benzene rings is 2. The number of oxazole rings is 1. The van der Waals surface area contributed by atoms with Crippen molar-refractivity contribution in [2.75, 3.05) is 31.6 Å². The van der Waals surface area contributed by atoms with Crippen LogP contribution in [0.15, 0.2) is 56.6 Å². The van der Waals surface area contributed by atoms with Crippen LogP contribution in [0.1, 0.15) is 6.42 Å². The number of nitrogens with zero attached hydrogens (tertiary/aromatic N) is 2. The van der Waals surface area contributed by atoms with Crippen molar-refractivity contribution in [1.29, 1.82) is 0 Å². The average molecular weight is 447 g/mol. The molecule has 164 valence electrons. The van der Waals surface area contributed by atoms with Gasteiger partial charge in [0.1, 0.15) is 5.75 Å². The molecule has 11 heteroatoms. The lowest BCUT2D eigenvalue weighted by Crippen LogP contribution is -2.40. The largest absolute Gasteiger partial charge is 0.506 e. The highest BCUT2D eigenvalue weighted by atomic mass is 32.2. The number of phenolic OH excluding ortho intramolecular Hbond substituents is 1. The molecule has 0 unspecified atom stereocenters. The van der Waals surface area contributed by atoms with Crippen LogP contribution in [0.3, 0.4) is 0 Å². The van der Waals surface area contributed by atoms with Gasteiger partial charge in [0.15, 0.2) is 5.58 Å². The van der Waals surface area contributed by atoms with Gasteiger partial charge in [0.25, 0.3) is 0 Å². The Kier molecular flexibility index (Phi) is 5.81. The van der Waals surface area contributed by atoms with Gasteiger partial charge in [-0.15, -0.1) is 0 Å². The van der Waals surface area contributed by atoms with Crippen molar-refractivity contribution in [2.45, 2.75) is 17.9 Å². The highest BCUT2D eigenvalue weighted by Crippen LogP contribution is 2.28. The molecule has 4 rings (SSSR count). The predicted octanol–water partition coefficient (Wildman–Crippen LogP) is 1.35. The topological polar surface area (TPSA) is 131 Å². The number of aromatic hydroxyl groups is 1. The quantitative estimate of drug-likeness (QED) is 0.545. The van der Waals surface area contributed by atoms with Gasteiger partial charge in [-0.05, 0) is 30.3 Å². The molecule has 2 heterocycles. The van der Waals surface area contributed by atoms with E-state index < -0.39 is 21.7 Å². The van der Waals surface area contributed by atoms with Crippen molar-refractivity contribution in [1.82, 2.24) is 8.87 Å². The molecule has 0 bridgehead atoms. The molecule has 1 saturated heterocycles. The zero-order valence-corrected chi connectivity index (χ0v) is 17.3. The molecule has 10 nitrogen and oxygen atoms in total. The van der Waals surface area contributed by atoms with Crippen LogP contribution in [-0.2, 0) is 26.1 Å². The summed E-state index contributed by atoms with van der Waals surface area (Å²) >= 11 is 0. The smallest absolute Gasteiger partial charge is 0.419 e. The van der Waals surface area contributed by atoms with E-state index in [1.807, 2.05) is 0 Å². The number of aromatic nitrogens is 1. The Morgan fingerprint density at radius 1 is 1.13 bits per heavy atom. The maximum absolute atomic E-state index is 12.8. The second kappa shape index (κ2) is 8.53. The first kappa shape index (κ1) is 21.1. The third-order valence-electron chi connectivity index (χ3n) is 4.99. The van der Waals surface area contributed by atoms with E-state index in [-0.39, 0.29) is 42.4 Å². The first-order valence-electron chi connectivity index (χ1n) is 9.65. The van der Waals surface area contributed by atoms with Crippen LogP contribution in [0, 0.1) is 0 Å². The fraction of sp³-hybridized carbons (Fsp3) is 0.300. The van der Waals surface area contributed by atoms with Crippen LogP contribution < -0.4 is 11.1 Å². The van der Waals surface area contributed by atoms with Gasteiger partial charge >= 0.3 is 5.76 Å². The Hall–Kier alpha value is -3.15. The summed E-state index contributed by atoms with van der Waals surface area (Å²) in [5, 5.41) is 12.6. The van der Waals surface area contributed by atoms with E-state index in [9.17, 15) is 23.1 Å². The van der Waals surface area contributed by atoms with E-state index in [4.69, 9.17) is 9.15 Å². The van der Waals surface area contributed by atoms with Crippen molar-refractivity contribution in [3.05, 3.63) is 53.0 Å². The average Bonchev–Trinajstić information content (AvgIpc) is 3.09. The van der Waals surface area contributed by atoms with Crippen molar-refractivity contribution in [2.24, 2.45) is 0 Å². The van der Waals surface area contributed by atoms with Gasteiger partial charge in [-0.1, -0.05) is 12.1 Å². The lowest BCUT2D eigenvalue weighted by Gasteiger charge is -2.26. The number of rotatable bonds is 6. The molecule has 0 atom stereocenters. The minimum Gasteiger partial charge on any atom is -0.506 e. The minimum absolute atomic E-state index is 0.0243. The Bertz CT molecular complexity index is 1270. The molecule has 0 radical (unpaired) electrons. The van der Waals surface area contributed by atoms with Crippen LogP contribution in [0.25, 0.3) is 11.1 Å². The van der Waals surface area contributed by atoms with Gasteiger partial charge in [0, 0.05) is 26.1 Å². The molecule has 0 spiro atoms. The van der Waals surface area contributed by atoms with E-state index >= 15 is 0 Å². The minimum atomic E-state index is -3.78. The Morgan fingerprint density at radius 2 is 1.87 bits per heavy atom. The number of carbonyl (C=O) groups excluding carboxylic acids is 1. The van der Waals surface area contributed by atoms with E-state index in [1.165, 1.54) is 27.1 Å². The summed E-state index contributed by atoms with van der Waals surface area (Å²) in [5.74, 6) is -1.33. The summed E-state index contributed by atoms with van der Waals surface area (Å²) in [6, 6.07) is 10.6. The van der Waals surface area contributed by atoms with Crippen LogP contribution in [-0.4, -0.2) is 54.6 Å². The third kappa shape index (κ3) is 4.33. The van der Waals surface area contributed by atoms with Crippen LogP contribution in [0.4, 0.5) is 5.69 Å². The molecule has 1 aliphatic heterocycles. The van der Waals surface area contributed by atoms with Crippen LogP contribution >= 0.6 is 0 Å². The number of sulfonamides is 1. The number of nitrogens with one attached hydrogen (secondary N) is 1. The molecule has 1 aromatic heterocycles. The van der Waals surface area contributed by atoms with Gasteiger partial charge in [0.05, 0.1) is 29.3 Å². The molecule has 2 N–H and O–H groups in total. The number of para-hydroxylation sites is 2. The van der Waals surface area contributed by atoms with Crippen LogP contribution in [0.5, 0.6) is 5.75 Å². The molecular weight excluding hydrogens is 426 g/mol. The first-order chi connectivity index (χ1) is 14.9. The molecule has 2 aromatic carbocycles. The van der Waals surface area contributed by atoms with Crippen molar-refractivity contribution >= 4 is 32.7 Å². The second-order valence-electron chi connectivity index (χ2n) is 6.98. The Balaban J connectivity index is 1.48. The highest BCUT2D eigenvalue weighted by Gasteiger charge is 2.27. The molecule has 31 heavy (non-hydrogen) atoms. The number of hydrogen-bond donors (Lipinski definition) is 2. The highest BCUT2D eigenvalue weighted by molar-refractivity contribution is 7.89. The van der Waals surface area contributed by atoms with Gasteiger partial charge in [-0.3, -0.25) is 9.36 Å². The fourth-order valence-electron chi connectivity index (χ4n) is 3.36. The zero-order valence-electron chi connectivity index (χ0n) is 16.5. The van der Waals surface area contributed by atoms with Gasteiger partial charge in [0.2, 0.25) is 15.9 Å². The first-order valence-corrected chi connectivity index (χ1v) is 11.1. The Labute approximate surface area is 177 Å². The summed E-state index contributed by atoms with van der Waals surface area (Å²) in [6.07, 6.45) is -0.0800. The second-order valence-corrected chi connectivity index (χ2v) is 8.92. The Morgan fingerprint density at radius 3 is 2.65 bits per heavy atom. The van der Waals surface area contributed by atoms with Gasteiger partial charge in [-0.2, -0.15) is 4.31 Å². The molecule has 1 amide bonds. The zero-order chi connectivity index (χ0) is 22.0. The number of amides is 1. The van der Waals surface area contributed by atoms with Crippen molar-refractivity contribution < 1.29 is 27.5 Å². The fourth-order valence-corrected chi connectivity index (χ4v) is 4.80. The van der Waals surface area contributed by atoms with Crippen molar-refractivity contribution in [3.63, 3.8) is 0 Å². The summed E-state index contributed by atoms with van der Waals surface area (Å²) < 4.78 is 38.6. The lowest BCUT2D eigenvalue weighted by atomic mass is 10.2. The molecule has 1 fully saturated rings. The van der Waals surface area contributed by atoms with E-state index in [2.05, 4.69) is 5.32 Å². The molecule has 1 aliphatic rings. The molecule has 0 saturated carbocycles. The lowest BCUT2D eigenvalue weighted by molar-refractivity contribution is -0.116. The normalized spacial score (nSPS) is 15.2. The van der Waals surface area contributed by atoms with E-state index in [0.29, 0.717) is 24.3 Å². The summed E-state index contributed by atoms with van der Waals surface area (Å²) in [5.41, 5.74) is 0.969. The van der Waals surface area contributed by atoms with E-state index in [1.54, 1.807) is 24.3 Å². The number of morpholine rings is 1. The van der Waals surface area contributed by atoms with Crippen LogP contribution in [0.2, 0.25) is 0 Å². The maximum Gasteiger partial charge on any atom is 0.419 e. The number of fused-ring (bicyclic) bond motifs is 1. The summed E-state index contributed by atoms with van der Waals surface area (Å²) in [4.78, 5) is 24.4. The number of hydrogen-bond acceptors (Lipinski definition) is 7. The molecule has 3 aromatic rings. The number of ether oxygens (including phenoxy) is 1. The standard InChI is InChI=1S/C20H21N3O7S/c24-17-6-5-14(31(27,28)22-9-11-29-12-10-22)13-15(17)21-19(25)7-8-23-16-3-1-2-4-18(16)30-20(23)26/h1-6,13,24H,7-12H2,(H,21,25). The number of anilines is 1. The SMILES string of the molecule is O=C(CCn1c(=O)oc2ccccc21)Nc1cc(S(=O)(=O)N2CCOCC2)ccc1O.